The van der Waals surface area contributed by atoms with E-state index in [1.54, 1.807) is 25.3 Å². The third-order valence-electron chi connectivity index (χ3n) is 5.81. The monoisotopic (exact) mass is 526 g/mol. The number of sulfonamides is 1. The van der Waals surface area contributed by atoms with E-state index in [2.05, 4.69) is 5.32 Å². The summed E-state index contributed by atoms with van der Waals surface area (Å²) in [5, 5.41) is 14.0. The van der Waals surface area contributed by atoms with Gasteiger partial charge in [0, 0.05) is 26.8 Å². The summed E-state index contributed by atoms with van der Waals surface area (Å²) >= 11 is 0. The van der Waals surface area contributed by atoms with Crippen LogP contribution in [0.25, 0.3) is 0 Å². The fourth-order valence-electron chi connectivity index (χ4n) is 3.84. The van der Waals surface area contributed by atoms with Crippen LogP contribution in [0.3, 0.4) is 0 Å². The summed E-state index contributed by atoms with van der Waals surface area (Å²) in [6.45, 7) is 0.386. The van der Waals surface area contributed by atoms with Crippen molar-refractivity contribution in [2.45, 2.75) is 36.5 Å². The van der Waals surface area contributed by atoms with E-state index in [-0.39, 0.29) is 24.6 Å². The number of nitrogens with one attached hydrogen (secondary N) is 1. The van der Waals surface area contributed by atoms with E-state index in [4.69, 9.17) is 9.47 Å². The molecule has 2 N–H and O–H groups in total. The minimum absolute atomic E-state index is 0.0757. The highest BCUT2D eigenvalue weighted by atomic mass is 32.2. The van der Waals surface area contributed by atoms with Crippen LogP contribution >= 0.6 is 0 Å². The number of hydrogen-bond donors (Lipinski definition) is 2. The molecule has 0 fully saturated rings. The second-order valence-corrected chi connectivity index (χ2v) is 10.5. The minimum atomic E-state index is -3.88. The average molecular weight is 527 g/mol. The predicted octanol–water partition coefficient (Wildman–Crippen LogP) is 3.61. The third kappa shape index (κ3) is 8.98. The molecule has 37 heavy (non-hydrogen) atoms. The number of carbonyl (C=O) groups excluding carboxylic acids is 1. The first kappa shape index (κ1) is 28.3. The van der Waals surface area contributed by atoms with Crippen LogP contribution < -0.4 is 5.32 Å². The van der Waals surface area contributed by atoms with Gasteiger partial charge in [0.15, 0.2) is 0 Å². The van der Waals surface area contributed by atoms with Crippen LogP contribution in [0.15, 0.2) is 95.9 Å². The van der Waals surface area contributed by atoms with E-state index in [1.165, 1.54) is 16.4 Å². The number of nitrogens with zero attached hydrogens (tertiary/aromatic N) is 1. The molecule has 0 aliphatic heterocycles. The summed E-state index contributed by atoms with van der Waals surface area (Å²) in [6, 6.07) is 25.9. The molecule has 0 bridgehead atoms. The molecule has 0 aliphatic carbocycles. The van der Waals surface area contributed by atoms with Crippen molar-refractivity contribution in [3.8, 4) is 0 Å². The maximum absolute atomic E-state index is 13.4. The molecule has 3 aromatic rings. The number of alkyl carbamates (subject to hydrolysis) is 1. The maximum atomic E-state index is 13.4. The molecule has 0 spiro atoms. The van der Waals surface area contributed by atoms with Crippen LogP contribution in [0.4, 0.5) is 4.79 Å². The van der Waals surface area contributed by atoms with E-state index in [1.807, 2.05) is 60.7 Å². The SMILES string of the molecule is COCCCN(CC(O)C(Cc1ccccc1)NC(=O)OCc1ccccc1)S(=O)(=O)c1ccccc1. The van der Waals surface area contributed by atoms with Crippen molar-refractivity contribution in [2.75, 3.05) is 26.8 Å². The molecular formula is C28H34N2O6S. The first-order chi connectivity index (χ1) is 17.9. The maximum Gasteiger partial charge on any atom is 0.407 e. The van der Waals surface area contributed by atoms with Crippen molar-refractivity contribution < 1.29 is 27.8 Å². The highest BCUT2D eigenvalue weighted by Gasteiger charge is 2.30. The Hall–Kier alpha value is -3.24. The smallest absolute Gasteiger partial charge is 0.407 e. The average Bonchev–Trinajstić information content (AvgIpc) is 2.92. The Bertz CT molecular complexity index is 1180. The van der Waals surface area contributed by atoms with Gasteiger partial charge >= 0.3 is 6.09 Å². The molecular weight excluding hydrogens is 492 g/mol. The summed E-state index contributed by atoms with van der Waals surface area (Å²) in [4.78, 5) is 12.8. The quantitative estimate of drug-likeness (QED) is 0.311. The molecule has 0 saturated carbocycles. The van der Waals surface area contributed by atoms with E-state index in [0.717, 1.165) is 11.1 Å². The number of carbonyl (C=O) groups is 1. The molecule has 8 nitrogen and oxygen atoms in total. The Balaban J connectivity index is 1.76. The van der Waals surface area contributed by atoms with Crippen LogP contribution in [-0.4, -0.2) is 62.9 Å². The van der Waals surface area contributed by atoms with Crippen molar-refractivity contribution in [3.63, 3.8) is 0 Å². The number of rotatable bonds is 14. The van der Waals surface area contributed by atoms with Crippen molar-refractivity contribution in [3.05, 3.63) is 102 Å². The topological polar surface area (TPSA) is 105 Å². The molecule has 198 valence electrons. The van der Waals surface area contributed by atoms with Crippen LogP contribution in [-0.2, 0) is 32.5 Å². The number of methoxy groups -OCH3 is 1. The van der Waals surface area contributed by atoms with E-state index >= 15 is 0 Å². The second kappa shape index (κ2) is 14.5. The summed E-state index contributed by atoms with van der Waals surface area (Å²) in [7, 11) is -2.34. The zero-order chi connectivity index (χ0) is 26.5. The summed E-state index contributed by atoms with van der Waals surface area (Å²) in [6.07, 6.45) is -1.16. The Morgan fingerprint density at radius 3 is 2.08 bits per heavy atom. The van der Waals surface area contributed by atoms with Crippen LogP contribution in [0, 0.1) is 0 Å². The molecule has 0 saturated heterocycles. The molecule has 9 heteroatoms. The third-order valence-corrected chi connectivity index (χ3v) is 7.69. The lowest BCUT2D eigenvalue weighted by Gasteiger charge is -2.29. The summed E-state index contributed by atoms with van der Waals surface area (Å²) in [5.41, 5.74) is 1.71. The van der Waals surface area contributed by atoms with E-state index in [9.17, 15) is 18.3 Å². The van der Waals surface area contributed by atoms with Crippen molar-refractivity contribution in [2.24, 2.45) is 0 Å². The Morgan fingerprint density at radius 2 is 1.49 bits per heavy atom. The molecule has 2 atom stereocenters. The van der Waals surface area contributed by atoms with Gasteiger partial charge in [-0.05, 0) is 36.1 Å². The summed E-state index contributed by atoms with van der Waals surface area (Å²) < 4.78 is 38.5. The largest absolute Gasteiger partial charge is 0.445 e. The lowest BCUT2D eigenvalue weighted by molar-refractivity contribution is 0.0871. The highest BCUT2D eigenvalue weighted by molar-refractivity contribution is 7.89. The molecule has 0 aliphatic rings. The number of benzene rings is 3. The summed E-state index contributed by atoms with van der Waals surface area (Å²) in [5.74, 6) is 0. The van der Waals surface area contributed by atoms with Gasteiger partial charge in [0.25, 0.3) is 0 Å². The predicted molar refractivity (Wildman–Crippen MR) is 141 cm³/mol. The lowest BCUT2D eigenvalue weighted by Crippen LogP contribution is -2.50. The molecule has 1 amide bonds. The molecule has 3 aromatic carbocycles. The van der Waals surface area contributed by atoms with Gasteiger partial charge in [-0.1, -0.05) is 78.9 Å². The normalized spacial score (nSPS) is 13.2. The highest BCUT2D eigenvalue weighted by Crippen LogP contribution is 2.18. The van der Waals surface area contributed by atoms with Crippen molar-refractivity contribution >= 4 is 16.1 Å². The van der Waals surface area contributed by atoms with Gasteiger partial charge in [0.2, 0.25) is 10.0 Å². The van der Waals surface area contributed by atoms with Gasteiger partial charge in [-0.25, -0.2) is 13.2 Å². The van der Waals surface area contributed by atoms with Crippen molar-refractivity contribution in [1.82, 2.24) is 9.62 Å². The Morgan fingerprint density at radius 1 is 0.919 bits per heavy atom. The zero-order valence-electron chi connectivity index (χ0n) is 20.9. The minimum Gasteiger partial charge on any atom is -0.445 e. The molecule has 0 aromatic heterocycles. The number of aliphatic hydroxyl groups is 1. The molecule has 2 unspecified atom stereocenters. The zero-order valence-corrected chi connectivity index (χ0v) is 21.7. The fraction of sp³-hybridized carbons (Fsp3) is 0.321. The van der Waals surface area contributed by atoms with Gasteiger partial charge < -0.3 is 19.9 Å². The second-order valence-electron chi connectivity index (χ2n) is 8.59. The number of aliphatic hydroxyl groups excluding tert-OH is 1. The standard InChI is InChI=1S/C28H34N2O6S/c1-35-19-11-18-30(37(33,34)25-16-9-4-10-17-25)21-27(31)26(20-23-12-5-2-6-13-23)29-28(32)36-22-24-14-7-3-8-15-24/h2-10,12-17,26-27,31H,11,18-22H2,1H3,(H,29,32). The van der Waals surface area contributed by atoms with Gasteiger partial charge in [0.1, 0.15) is 6.61 Å². The molecule has 0 heterocycles. The van der Waals surface area contributed by atoms with Gasteiger partial charge in [0.05, 0.1) is 17.0 Å². The van der Waals surface area contributed by atoms with Crippen LogP contribution in [0.2, 0.25) is 0 Å². The number of amides is 1. The fourth-order valence-corrected chi connectivity index (χ4v) is 5.36. The van der Waals surface area contributed by atoms with Crippen LogP contribution in [0.1, 0.15) is 17.5 Å². The first-order valence-electron chi connectivity index (χ1n) is 12.1. The molecule has 3 rings (SSSR count). The number of ether oxygens (including phenoxy) is 2. The first-order valence-corrected chi connectivity index (χ1v) is 13.6. The van der Waals surface area contributed by atoms with Crippen LogP contribution in [0.5, 0.6) is 0 Å². The lowest BCUT2D eigenvalue weighted by atomic mass is 10.0. The van der Waals surface area contributed by atoms with E-state index < -0.39 is 28.3 Å². The van der Waals surface area contributed by atoms with Crippen molar-refractivity contribution in [1.29, 1.82) is 0 Å². The van der Waals surface area contributed by atoms with Gasteiger partial charge in [-0.3, -0.25) is 0 Å². The van der Waals surface area contributed by atoms with Gasteiger partial charge in [-0.15, -0.1) is 0 Å². The Labute approximate surface area is 218 Å². The van der Waals surface area contributed by atoms with Gasteiger partial charge in [-0.2, -0.15) is 4.31 Å². The number of hydrogen-bond acceptors (Lipinski definition) is 6. The van der Waals surface area contributed by atoms with E-state index in [0.29, 0.717) is 19.4 Å². The molecule has 0 radical (unpaired) electrons. The Kier molecular flexibility index (Phi) is 11.1.